The van der Waals surface area contributed by atoms with Crippen molar-refractivity contribution in [2.75, 3.05) is 7.05 Å². The molecule has 0 radical (unpaired) electrons. The molecule has 1 amide bonds. The third-order valence-electron chi connectivity index (χ3n) is 0.118. The summed E-state index contributed by atoms with van der Waals surface area (Å²) in [6, 6.07) is 0. The summed E-state index contributed by atoms with van der Waals surface area (Å²) >= 11 is 0. The molecule has 0 aromatic rings. The van der Waals surface area contributed by atoms with Crippen molar-refractivity contribution in [2.45, 2.75) is 0 Å². The molecule has 34 valence electrons. The van der Waals surface area contributed by atoms with Gasteiger partial charge >= 0.3 is 18.9 Å². The van der Waals surface area contributed by atoms with E-state index in [-0.39, 0.29) is 25.8 Å². The van der Waals surface area contributed by atoms with Crippen molar-refractivity contribution in [3.63, 3.8) is 0 Å². The third kappa shape index (κ3) is 35.0. The first-order chi connectivity index (χ1) is 1.91. The predicted molar refractivity (Wildman–Crippen MR) is 19.8 cm³/mol. The molecule has 0 atom stereocenters. The Balaban J connectivity index is -0.0000000150. The SMILES string of the molecule is CNC=O.O.[H-].[Li+]. The van der Waals surface area contributed by atoms with E-state index in [4.69, 9.17) is 4.79 Å². The van der Waals surface area contributed by atoms with Crippen LogP contribution in [0.25, 0.3) is 0 Å². The largest absolute Gasteiger partial charge is 1.00 e. The summed E-state index contributed by atoms with van der Waals surface area (Å²) < 4.78 is 0. The van der Waals surface area contributed by atoms with Crippen LogP contribution in [0.1, 0.15) is 1.43 Å². The average Bonchev–Trinajstić information content (AvgIpc) is 1.37. The van der Waals surface area contributed by atoms with Crippen molar-refractivity contribution < 1.29 is 30.6 Å². The zero-order valence-corrected chi connectivity index (χ0v) is 3.99. The first kappa shape index (κ1) is 16.6. The predicted octanol–water partition coefficient (Wildman–Crippen LogP) is -4.35. The molecule has 0 aromatic heterocycles. The number of carbonyl (C=O) groups excluding carboxylic acids is 1. The molecule has 0 saturated carbocycles. The Kier molecular flexibility index (Phi) is 55.0. The van der Waals surface area contributed by atoms with Gasteiger partial charge in [0.2, 0.25) is 6.41 Å². The summed E-state index contributed by atoms with van der Waals surface area (Å²) in [4.78, 5) is 9.06. The Morgan fingerprint density at radius 3 is 2.00 bits per heavy atom. The first-order valence-corrected chi connectivity index (χ1v) is 1.02. The number of amides is 1. The maximum Gasteiger partial charge on any atom is 1.00 e. The van der Waals surface area contributed by atoms with E-state index in [1.165, 1.54) is 0 Å². The van der Waals surface area contributed by atoms with Gasteiger partial charge in [0.25, 0.3) is 0 Å². The minimum atomic E-state index is 0. The van der Waals surface area contributed by atoms with Gasteiger partial charge in [0, 0.05) is 7.05 Å². The Labute approximate surface area is 50.1 Å². The second-order valence-corrected chi connectivity index (χ2v) is 0.407. The second-order valence-electron chi connectivity index (χ2n) is 0.407. The molecule has 0 heterocycles. The molecule has 0 bridgehead atoms. The van der Waals surface area contributed by atoms with Crippen LogP contribution in [0.3, 0.4) is 0 Å². The molecule has 0 aromatic carbocycles. The van der Waals surface area contributed by atoms with Crippen LogP contribution in [0.2, 0.25) is 0 Å². The van der Waals surface area contributed by atoms with E-state index >= 15 is 0 Å². The van der Waals surface area contributed by atoms with Gasteiger partial charge in [-0.15, -0.1) is 0 Å². The van der Waals surface area contributed by atoms with Crippen LogP contribution in [0.5, 0.6) is 0 Å². The zero-order chi connectivity index (χ0) is 3.41. The fraction of sp³-hybridized carbons (Fsp3) is 0.500. The summed E-state index contributed by atoms with van der Waals surface area (Å²) in [5, 5.41) is 2.25. The molecule has 0 rings (SSSR count). The fourth-order valence-corrected chi connectivity index (χ4v) is 0. The van der Waals surface area contributed by atoms with Crippen LogP contribution in [0, 0.1) is 0 Å². The maximum atomic E-state index is 9.06. The quantitative estimate of drug-likeness (QED) is 0.254. The summed E-state index contributed by atoms with van der Waals surface area (Å²) in [5.74, 6) is 0. The van der Waals surface area contributed by atoms with Crippen LogP contribution >= 0.6 is 0 Å². The van der Waals surface area contributed by atoms with Crippen LogP contribution in [0.4, 0.5) is 0 Å². The molecule has 0 aliphatic heterocycles. The van der Waals surface area contributed by atoms with Gasteiger partial charge in [-0.1, -0.05) is 0 Å². The molecular formula is C2H8LiNO2. The second kappa shape index (κ2) is 19.8. The van der Waals surface area contributed by atoms with Gasteiger partial charge in [-0.25, -0.2) is 0 Å². The van der Waals surface area contributed by atoms with Crippen molar-refractivity contribution in [3.05, 3.63) is 0 Å². The van der Waals surface area contributed by atoms with Crippen LogP contribution in [-0.2, 0) is 4.79 Å². The molecular weight excluding hydrogens is 77.0 g/mol. The summed E-state index contributed by atoms with van der Waals surface area (Å²) in [6.45, 7) is 0. The molecule has 0 saturated heterocycles. The van der Waals surface area contributed by atoms with Crippen LogP contribution in [-0.4, -0.2) is 18.9 Å². The third-order valence-corrected chi connectivity index (χ3v) is 0.118. The molecule has 0 spiro atoms. The Hall–Kier alpha value is 0.0274. The molecule has 0 aliphatic rings. The topological polar surface area (TPSA) is 60.6 Å². The molecule has 0 aliphatic carbocycles. The minimum Gasteiger partial charge on any atom is -1.00 e. The molecule has 3 nitrogen and oxygen atoms in total. The van der Waals surface area contributed by atoms with Crippen LogP contribution < -0.4 is 24.2 Å². The van der Waals surface area contributed by atoms with Crippen molar-refractivity contribution in [1.29, 1.82) is 0 Å². The van der Waals surface area contributed by atoms with E-state index < -0.39 is 0 Å². The van der Waals surface area contributed by atoms with Gasteiger partial charge in [0.1, 0.15) is 0 Å². The van der Waals surface area contributed by atoms with Crippen molar-refractivity contribution in [3.8, 4) is 0 Å². The van der Waals surface area contributed by atoms with Gasteiger partial charge in [-0.2, -0.15) is 0 Å². The van der Waals surface area contributed by atoms with Gasteiger partial charge in [-0.3, -0.25) is 4.79 Å². The zero-order valence-electron chi connectivity index (χ0n) is 4.99. The molecule has 4 heteroatoms. The van der Waals surface area contributed by atoms with E-state index in [9.17, 15) is 0 Å². The van der Waals surface area contributed by atoms with E-state index in [1.54, 1.807) is 7.05 Å². The van der Waals surface area contributed by atoms with E-state index in [0.29, 0.717) is 6.41 Å². The maximum absolute atomic E-state index is 9.06. The van der Waals surface area contributed by atoms with E-state index in [1.807, 2.05) is 0 Å². The van der Waals surface area contributed by atoms with Crippen molar-refractivity contribution in [2.24, 2.45) is 0 Å². The van der Waals surface area contributed by atoms with Crippen LogP contribution in [0.15, 0.2) is 0 Å². The number of carbonyl (C=O) groups is 1. The standard InChI is InChI=1S/C2H5NO.Li.H2O.H/c1-3-2-4;;;/h2H,1H3,(H,3,4);;1H2;/q;+1;;-1. The fourth-order valence-electron chi connectivity index (χ4n) is 0. The van der Waals surface area contributed by atoms with Gasteiger partial charge < -0.3 is 12.2 Å². The molecule has 0 unspecified atom stereocenters. The molecule has 6 heavy (non-hydrogen) atoms. The Morgan fingerprint density at radius 2 is 2.00 bits per heavy atom. The number of nitrogens with one attached hydrogen (secondary N) is 1. The van der Waals surface area contributed by atoms with Crippen molar-refractivity contribution in [1.82, 2.24) is 5.32 Å². The molecule has 3 N–H and O–H groups in total. The van der Waals surface area contributed by atoms with E-state index in [0.717, 1.165) is 0 Å². The smallest absolute Gasteiger partial charge is 1.00 e. The Bertz CT molecular complexity index is 29.7. The van der Waals surface area contributed by atoms with E-state index in [2.05, 4.69) is 5.32 Å². The Morgan fingerprint density at radius 1 is 1.83 bits per heavy atom. The minimum absolute atomic E-state index is 0. The summed E-state index contributed by atoms with van der Waals surface area (Å²) in [7, 11) is 1.56. The average molecular weight is 85.0 g/mol. The van der Waals surface area contributed by atoms with Gasteiger partial charge in [-0.05, 0) is 0 Å². The van der Waals surface area contributed by atoms with Gasteiger partial charge in [0.15, 0.2) is 0 Å². The first-order valence-electron chi connectivity index (χ1n) is 1.02. The normalized spacial score (nSPS) is 3.50. The monoisotopic (exact) mass is 85.1 g/mol. The number of hydrogen-bond acceptors (Lipinski definition) is 1. The van der Waals surface area contributed by atoms with Crippen molar-refractivity contribution >= 4 is 6.41 Å². The summed E-state index contributed by atoms with van der Waals surface area (Å²) in [6.07, 6.45) is 0.625. The van der Waals surface area contributed by atoms with Gasteiger partial charge in [0.05, 0.1) is 0 Å². The molecule has 0 fully saturated rings. The summed E-state index contributed by atoms with van der Waals surface area (Å²) in [5.41, 5.74) is 0. The number of hydrogen-bond donors (Lipinski definition) is 1. The number of rotatable bonds is 1.